The van der Waals surface area contributed by atoms with Crippen LogP contribution in [0.5, 0.6) is 0 Å². The highest BCUT2D eigenvalue weighted by Crippen LogP contribution is 2.21. The van der Waals surface area contributed by atoms with Crippen LogP contribution in [-0.2, 0) is 0 Å². The lowest BCUT2D eigenvalue weighted by Gasteiger charge is -2.07. The number of anilines is 2. The maximum atomic E-state index is 8.87. The Morgan fingerprint density at radius 2 is 1.94 bits per heavy atom. The molecule has 2 rings (SSSR count). The van der Waals surface area contributed by atoms with Crippen molar-refractivity contribution in [1.29, 1.82) is 5.26 Å². The maximum absolute atomic E-state index is 8.87. The smallest absolute Gasteiger partial charge is 0.183 e. The quantitative estimate of drug-likeness (QED) is 0.864. The number of nitriles is 1. The van der Waals surface area contributed by atoms with Crippen LogP contribution in [0.3, 0.4) is 0 Å². The van der Waals surface area contributed by atoms with Crippen molar-refractivity contribution in [2.75, 3.05) is 5.32 Å². The highest BCUT2D eigenvalue weighted by molar-refractivity contribution is 14.1. The summed E-state index contributed by atoms with van der Waals surface area (Å²) < 4.78 is 1.06. The maximum Gasteiger partial charge on any atom is 0.183 e. The van der Waals surface area contributed by atoms with Crippen LogP contribution in [0.4, 0.5) is 11.5 Å². The lowest BCUT2D eigenvalue weighted by molar-refractivity contribution is 1.16. The summed E-state index contributed by atoms with van der Waals surface area (Å²) in [6.07, 6.45) is 3.05. The average Bonchev–Trinajstić information content (AvgIpc) is 2.33. The zero-order chi connectivity index (χ0) is 11.4. The molecule has 0 saturated heterocycles. The predicted octanol–water partition coefficient (Wildman–Crippen LogP) is 2.70. The van der Waals surface area contributed by atoms with Gasteiger partial charge in [0.1, 0.15) is 6.07 Å². The number of benzene rings is 1. The molecule has 0 fully saturated rings. The lowest BCUT2D eigenvalue weighted by Crippen LogP contribution is -1.99. The Morgan fingerprint density at radius 3 is 2.69 bits per heavy atom. The Bertz CT molecular complexity index is 548. The molecular formula is C11H7IN4. The molecule has 1 aromatic carbocycles. The summed E-state index contributed by atoms with van der Waals surface area (Å²) in [5.41, 5.74) is 1.21. The first kappa shape index (κ1) is 10.8. The van der Waals surface area contributed by atoms with Gasteiger partial charge in [0.25, 0.3) is 0 Å². The molecule has 5 heteroatoms. The summed E-state index contributed by atoms with van der Waals surface area (Å²) in [6, 6.07) is 9.78. The van der Waals surface area contributed by atoms with E-state index in [9.17, 15) is 0 Å². The van der Waals surface area contributed by atoms with Crippen LogP contribution in [0.2, 0.25) is 0 Å². The zero-order valence-electron chi connectivity index (χ0n) is 8.18. The third-order valence-electron chi connectivity index (χ3n) is 1.93. The van der Waals surface area contributed by atoms with E-state index < -0.39 is 0 Å². The van der Waals surface area contributed by atoms with E-state index in [-0.39, 0.29) is 0 Å². The molecule has 0 amide bonds. The lowest BCUT2D eigenvalue weighted by atomic mass is 10.3. The van der Waals surface area contributed by atoms with E-state index in [0.29, 0.717) is 11.5 Å². The second-order valence-corrected chi connectivity index (χ2v) is 4.13. The molecule has 0 spiro atoms. The number of nitrogens with zero attached hydrogens (tertiary/aromatic N) is 3. The van der Waals surface area contributed by atoms with Crippen LogP contribution >= 0.6 is 22.6 Å². The first-order chi connectivity index (χ1) is 7.81. The fraction of sp³-hybridized carbons (Fsp3) is 0. The van der Waals surface area contributed by atoms with Crippen molar-refractivity contribution < 1.29 is 0 Å². The Labute approximate surface area is 106 Å². The molecule has 16 heavy (non-hydrogen) atoms. The monoisotopic (exact) mass is 322 g/mol. The predicted molar refractivity (Wildman–Crippen MR) is 69.2 cm³/mol. The van der Waals surface area contributed by atoms with Gasteiger partial charge in [-0.05, 0) is 34.7 Å². The van der Waals surface area contributed by atoms with Gasteiger partial charge in [0.2, 0.25) is 0 Å². The molecular weight excluding hydrogens is 315 g/mol. The fourth-order valence-corrected chi connectivity index (χ4v) is 1.72. The van der Waals surface area contributed by atoms with Gasteiger partial charge in [0, 0.05) is 16.0 Å². The van der Waals surface area contributed by atoms with E-state index in [2.05, 4.69) is 37.9 Å². The molecule has 0 unspecified atom stereocenters. The SMILES string of the molecule is N#Cc1nccnc1Nc1ccccc1I. The summed E-state index contributed by atoms with van der Waals surface area (Å²) in [7, 11) is 0. The van der Waals surface area contributed by atoms with Crippen LogP contribution in [-0.4, -0.2) is 9.97 Å². The van der Waals surface area contributed by atoms with Crippen LogP contribution in [0.1, 0.15) is 5.69 Å². The Kier molecular flexibility index (Phi) is 3.31. The normalized spacial score (nSPS) is 9.50. The van der Waals surface area contributed by atoms with Gasteiger partial charge < -0.3 is 5.32 Å². The van der Waals surface area contributed by atoms with Gasteiger partial charge in [-0.15, -0.1) is 0 Å². The largest absolute Gasteiger partial charge is 0.337 e. The summed E-state index contributed by atoms with van der Waals surface area (Å²) in [6.45, 7) is 0. The summed E-state index contributed by atoms with van der Waals surface area (Å²) in [4.78, 5) is 8.02. The van der Waals surface area contributed by atoms with E-state index in [1.807, 2.05) is 30.3 Å². The highest BCUT2D eigenvalue weighted by Gasteiger charge is 2.05. The molecule has 0 aliphatic heterocycles. The molecule has 1 N–H and O–H groups in total. The molecule has 4 nitrogen and oxygen atoms in total. The van der Waals surface area contributed by atoms with E-state index in [0.717, 1.165) is 9.26 Å². The van der Waals surface area contributed by atoms with Crippen molar-refractivity contribution in [1.82, 2.24) is 9.97 Å². The third kappa shape index (κ3) is 2.28. The molecule has 0 bridgehead atoms. The Morgan fingerprint density at radius 1 is 1.19 bits per heavy atom. The molecule has 78 valence electrons. The number of rotatable bonds is 2. The molecule has 0 aliphatic rings. The fourth-order valence-electron chi connectivity index (χ4n) is 1.20. The standard InChI is InChI=1S/C11H7IN4/c12-8-3-1-2-4-9(8)16-11-10(7-13)14-5-6-15-11/h1-6H,(H,15,16). The molecule has 1 aromatic heterocycles. The van der Waals surface area contributed by atoms with Crippen molar-refractivity contribution in [3.63, 3.8) is 0 Å². The first-order valence-electron chi connectivity index (χ1n) is 4.54. The Hall–Kier alpha value is -1.68. The van der Waals surface area contributed by atoms with Crippen molar-refractivity contribution in [3.05, 3.63) is 45.9 Å². The summed E-state index contributed by atoms with van der Waals surface area (Å²) >= 11 is 2.22. The minimum absolute atomic E-state index is 0.294. The van der Waals surface area contributed by atoms with Crippen molar-refractivity contribution in [3.8, 4) is 6.07 Å². The van der Waals surface area contributed by atoms with Gasteiger partial charge in [-0.2, -0.15) is 5.26 Å². The van der Waals surface area contributed by atoms with Crippen LogP contribution in [0.15, 0.2) is 36.7 Å². The molecule has 0 radical (unpaired) electrons. The number of hydrogen-bond acceptors (Lipinski definition) is 4. The van der Waals surface area contributed by atoms with E-state index in [4.69, 9.17) is 5.26 Å². The molecule has 0 saturated carbocycles. The van der Waals surface area contributed by atoms with Crippen molar-refractivity contribution in [2.24, 2.45) is 0 Å². The average molecular weight is 322 g/mol. The highest BCUT2D eigenvalue weighted by atomic mass is 127. The minimum atomic E-state index is 0.294. The summed E-state index contributed by atoms with van der Waals surface area (Å²) in [5, 5.41) is 12.0. The van der Waals surface area contributed by atoms with Gasteiger partial charge in [-0.1, -0.05) is 12.1 Å². The number of para-hydroxylation sites is 1. The second-order valence-electron chi connectivity index (χ2n) is 2.97. The van der Waals surface area contributed by atoms with Crippen LogP contribution < -0.4 is 5.32 Å². The molecule has 2 aromatic rings. The van der Waals surface area contributed by atoms with Crippen molar-refractivity contribution in [2.45, 2.75) is 0 Å². The first-order valence-corrected chi connectivity index (χ1v) is 5.62. The van der Waals surface area contributed by atoms with Gasteiger partial charge in [-0.3, -0.25) is 0 Å². The number of aromatic nitrogens is 2. The van der Waals surface area contributed by atoms with Gasteiger partial charge in [-0.25, -0.2) is 9.97 Å². The van der Waals surface area contributed by atoms with Gasteiger partial charge >= 0.3 is 0 Å². The number of nitrogens with one attached hydrogen (secondary N) is 1. The van der Waals surface area contributed by atoms with Crippen molar-refractivity contribution >= 4 is 34.1 Å². The zero-order valence-corrected chi connectivity index (χ0v) is 10.3. The number of hydrogen-bond donors (Lipinski definition) is 1. The van der Waals surface area contributed by atoms with E-state index in [1.165, 1.54) is 6.20 Å². The van der Waals surface area contributed by atoms with Crippen LogP contribution in [0, 0.1) is 14.9 Å². The van der Waals surface area contributed by atoms with Gasteiger partial charge in [0.15, 0.2) is 11.5 Å². The second kappa shape index (κ2) is 4.90. The topological polar surface area (TPSA) is 61.6 Å². The van der Waals surface area contributed by atoms with E-state index in [1.54, 1.807) is 6.20 Å². The summed E-state index contributed by atoms with van der Waals surface area (Å²) in [5.74, 6) is 0.481. The molecule has 0 atom stereocenters. The number of halogens is 1. The third-order valence-corrected chi connectivity index (χ3v) is 2.87. The van der Waals surface area contributed by atoms with Gasteiger partial charge in [0.05, 0.1) is 5.69 Å². The molecule has 0 aliphatic carbocycles. The molecule has 1 heterocycles. The minimum Gasteiger partial charge on any atom is -0.337 e. The van der Waals surface area contributed by atoms with E-state index >= 15 is 0 Å². The Balaban J connectivity index is 2.35. The van der Waals surface area contributed by atoms with Crippen LogP contribution in [0.25, 0.3) is 0 Å².